The number of nitrogens with zero attached hydrogens (tertiary/aromatic N) is 1. The van der Waals surface area contributed by atoms with Crippen LogP contribution in [0, 0.1) is 0 Å². The third kappa shape index (κ3) is 2.07. The van der Waals surface area contributed by atoms with E-state index in [1.165, 1.54) is 10.6 Å². The summed E-state index contributed by atoms with van der Waals surface area (Å²) in [5, 5.41) is 2.12. The average molecular weight is 245 g/mol. The lowest BCUT2D eigenvalue weighted by atomic mass is 9.97. The Morgan fingerprint density at radius 1 is 1.29 bits per heavy atom. The van der Waals surface area contributed by atoms with Crippen molar-refractivity contribution in [3.63, 3.8) is 0 Å². The molecule has 88 valence electrons. The van der Waals surface area contributed by atoms with E-state index in [-0.39, 0.29) is 0 Å². The van der Waals surface area contributed by atoms with Crippen molar-refractivity contribution >= 4 is 17.1 Å². The van der Waals surface area contributed by atoms with E-state index in [9.17, 15) is 4.79 Å². The fraction of sp³-hybridized carbons (Fsp3) is 0.357. The zero-order chi connectivity index (χ0) is 11.7. The predicted molar refractivity (Wildman–Crippen MR) is 69.7 cm³/mol. The van der Waals surface area contributed by atoms with E-state index in [1.807, 2.05) is 6.07 Å². The number of Topliss-reactive ketones (excluding diaryl/α,β-unsaturated/α-hetero) is 1. The maximum absolute atomic E-state index is 11.7. The number of carbonyl (C=O) groups excluding carboxylic acids is 1. The molecule has 0 saturated heterocycles. The van der Waals surface area contributed by atoms with E-state index < -0.39 is 0 Å². The van der Waals surface area contributed by atoms with Gasteiger partial charge in [0.25, 0.3) is 0 Å². The van der Waals surface area contributed by atoms with Gasteiger partial charge in [-0.25, -0.2) is 0 Å². The molecule has 3 rings (SSSR count). The molecular formula is C14H15NOS. The van der Waals surface area contributed by atoms with E-state index >= 15 is 0 Å². The first-order valence-electron chi connectivity index (χ1n) is 6.08. The van der Waals surface area contributed by atoms with Gasteiger partial charge in [0.1, 0.15) is 0 Å². The first-order chi connectivity index (χ1) is 8.34. The summed E-state index contributed by atoms with van der Waals surface area (Å²) >= 11 is 1.80. The van der Waals surface area contributed by atoms with Crippen LogP contribution < -0.4 is 0 Å². The van der Waals surface area contributed by atoms with E-state index in [0.717, 1.165) is 37.8 Å². The highest BCUT2D eigenvalue weighted by Gasteiger charge is 2.20. The highest BCUT2D eigenvalue weighted by atomic mass is 32.1. The Morgan fingerprint density at radius 3 is 3.06 bits per heavy atom. The SMILES string of the molecule is O=C1CCCc2c1ccn2CCc1cccs1. The molecule has 0 aromatic carbocycles. The highest BCUT2D eigenvalue weighted by molar-refractivity contribution is 7.09. The van der Waals surface area contributed by atoms with E-state index in [4.69, 9.17) is 0 Å². The molecule has 0 aliphatic heterocycles. The Balaban J connectivity index is 1.78. The Labute approximate surface area is 105 Å². The largest absolute Gasteiger partial charge is 0.350 e. The highest BCUT2D eigenvalue weighted by Crippen LogP contribution is 2.23. The summed E-state index contributed by atoms with van der Waals surface area (Å²) in [7, 11) is 0. The zero-order valence-electron chi connectivity index (χ0n) is 9.69. The second-order valence-corrected chi connectivity index (χ2v) is 5.51. The molecule has 1 aliphatic carbocycles. The normalized spacial score (nSPS) is 14.9. The first kappa shape index (κ1) is 10.8. The minimum atomic E-state index is 0.320. The number of hydrogen-bond acceptors (Lipinski definition) is 2. The van der Waals surface area contributed by atoms with Crippen molar-refractivity contribution < 1.29 is 4.79 Å². The second-order valence-electron chi connectivity index (χ2n) is 4.48. The molecular weight excluding hydrogens is 230 g/mol. The Bertz CT molecular complexity index is 524. The molecule has 0 amide bonds. The third-order valence-corrected chi connectivity index (χ3v) is 4.31. The summed E-state index contributed by atoms with van der Waals surface area (Å²) in [6.45, 7) is 0.989. The van der Waals surface area contributed by atoms with Crippen LogP contribution >= 0.6 is 11.3 Å². The van der Waals surface area contributed by atoms with Crippen LogP contribution in [0.25, 0.3) is 0 Å². The second kappa shape index (κ2) is 4.49. The van der Waals surface area contributed by atoms with Crippen molar-refractivity contribution in [2.75, 3.05) is 0 Å². The van der Waals surface area contributed by atoms with E-state index in [0.29, 0.717) is 5.78 Å². The lowest BCUT2D eigenvalue weighted by molar-refractivity contribution is 0.0972. The maximum Gasteiger partial charge on any atom is 0.164 e. The Kier molecular flexibility index (Phi) is 2.85. The molecule has 17 heavy (non-hydrogen) atoms. The van der Waals surface area contributed by atoms with Gasteiger partial charge >= 0.3 is 0 Å². The summed E-state index contributed by atoms with van der Waals surface area (Å²) in [5.74, 6) is 0.320. The molecule has 0 fully saturated rings. The van der Waals surface area contributed by atoms with Gasteiger partial charge in [0, 0.05) is 35.3 Å². The number of ketones is 1. The zero-order valence-corrected chi connectivity index (χ0v) is 10.5. The summed E-state index contributed by atoms with van der Waals surface area (Å²) in [6, 6.07) is 6.26. The molecule has 0 radical (unpaired) electrons. The van der Waals surface area contributed by atoms with Crippen LogP contribution in [0.3, 0.4) is 0 Å². The van der Waals surface area contributed by atoms with Crippen molar-refractivity contribution in [3.8, 4) is 0 Å². The Morgan fingerprint density at radius 2 is 2.24 bits per heavy atom. The van der Waals surface area contributed by atoms with Gasteiger partial charge in [0.05, 0.1) is 0 Å². The molecule has 0 N–H and O–H groups in total. The molecule has 0 saturated carbocycles. The number of hydrogen-bond donors (Lipinski definition) is 0. The van der Waals surface area contributed by atoms with Crippen molar-refractivity contribution in [2.45, 2.75) is 32.2 Å². The van der Waals surface area contributed by atoms with Gasteiger partial charge in [-0.15, -0.1) is 11.3 Å². The van der Waals surface area contributed by atoms with E-state index in [1.54, 1.807) is 11.3 Å². The number of rotatable bonds is 3. The van der Waals surface area contributed by atoms with Crippen LogP contribution in [-0.2, 0) is 19.4 Å². The quantitative estimate of drug-likeness (QED) is 0.813. The smallest absolute Gasteiger partial charge is 0.164 e. The van der Waals surface area contributed by atoms with Gasteiger partial charge in [-0.2, -0.15) is 0 Å². The van der Waals surface area contributed by atoms with Crippen LogP contribution in [0.1, 0.15) is 33.8 Å². The molecule has 0 spiro atoms. The van der Waals surface area contributed by atoms with Crippen LogP contribution in [0.15, 0.2) is 29.8 Å². The topological polar surface area (TPSA) is 22.0 Å². The fourth-order valence-electron chi connectivity index (χ4n) is 2.48. The summed E-state index contributed by atoms with van der Waals surface area (Å²) in [6.07, 6.45) is 5.92. The van der Waals surface area contributed by atoms with Crippen LogP contribution in [0.2, 0.25) is 0 Å². The minimum Gasteiger partial charge on any atom is -0.350 e. The molecule has 2 nitrogen and oxygen atoms in total. The summed E-state index contributed by atoms with van der Waals surface area (Å²) in [4.78, 5) is 13.1. The van der Waals surface area contributed by atoms with Crippen molar-refractivity contribution in [1.82, 2.24) is 4.57 Å². The molecule has 2 aromatic heterocycles. The fourth-order valence-corrected chi connectivity index (χ4v) is 3.18. The standard InChI is InChI=1S/C14H15NOS/c16-14-5-1-4-13-12(14)7-9-15(13)8-6-11-3-2-10-17-11/h2-3,7,9-10H,1,4-6,8H2. The van der Waals surface area contributed by atoms with Crippen molar-refractivity contribution in [1.29, 1.82) is 0 Å². The third-order valence-electron chi connectivity index (χ3n) is 3.38. The minimum absolute atomic E-state index is 0.320. The lowest BCUT2D eigenvalue weighted by Gasteiger charge is -2.14. The van der Waals surface area contributed by atoms with Crippen molar-refractivity contribution in [2.24, 2.45) is 0 Å². The number of carbonyl (C=O) groups is 1. The molecule has 3 heteroatoms. The molecule has 2 aromatic rings. The van der Waals surface area contributed by atoms with Gasteiger partial charge in [-0.1, -0.05) is 6.07 Å². The monoisotopic (exact) mass is 245 g/mol. The molecule has 2 heterocycles. The molecule has 0 bridgehead atoms. The number of fused-ring (bicyclic) bond motifs is 1. The number of aromatic nitrogens is 1. The summed E-state index contributed by atoms with van der Waals surface area (Å²) in [5.41, 5.74) is 2.21. The van der Waals surface area contributed by atoms with Crippen LogP contribution in [0.4, 0.5) is 0 Å². The predicted octanol–water partition coefficient (Wildman–Crippen LogP) is 3.31. The molecule has 0 unspecified atom stereocenters. The molecule has 1 aliphatic rings. The van der Waals surface area contributed by atoms with Gasteiger partial charge in [0.2, 0.25) is 0 Å². The van der Waals surface area contributed by atoms with Gasteiger partial charge in [-0.05, 0) is 36.8 Å². The first-order valence-corrected chi connectivity index (χ1v) is 6.96. The molecule has 0 atom stereocenters. The van der Waals surface area contributed by atoms with E-state index in [2.05, 4.69) is 28.3 Å². The van der Waals surface area contributed by atoms with Crippen LogP contribution in [0.5, 0.6) is 0 Å². The number of aryl methyl sites for hydroxylation is 2. The van der Waals surface area contributed by atoms with Gasteiger partial charge in [0.15, 0.2) is 5.78 Å². The summed E-state index contributed by atoms with van der Waals surface area (Å²) < 4.78 is 2.26. The maximum atomic E-state index is 11.7. The van der Waals surface area contributed by atoms with Crippen molar-refractivity contribution in [3.05, 3.63) is 45.9 Å². The van der Waals surface area contributed by atoms with Gasteiger partial charge < -0.3 is 4.57 Å². The van der Waals surface area contributed by atoms with Gasteiger partial charge in [-0.3, -0.25) is 4.79 Å². The lowest BCUT2D eigenvalue weighted by Crippen LogP contribution is -2.13. The Hall–Kier alpha value is -1.35. The number of thiophene rings is 1. The van der Waals surface area contributed by atoms with Crippen LogP contribution in [-0.4, -0.2) is 10.4 Å². The average Bonchev–Trinajstić information content (AvgIpc) is 2.95.